The zero-order valence-electron chi connectivity index (χ0n) is 16.9. The fraction of sp³-hybridized carbons (Fsp3) is 0.500. The second-order valence-electron chi connectivity index (χ2n) is 8.50. The summed E-state index contributed by atoms with van der Waals surface area (Å²) in [7, 11) is 0. The fourth-order valence-electron chi connectivity index (χ4n) is 4.77. The van der Waals surface area contributed by atoms with Crippen molar-refractivity contribution in [3.8, 4) is 0 Å². The van der Waals surface area contributed by atoms with Crippen LogP contribution in [0.3, 0.4) is 0 Å². The first-order valence-electron chi connectivity index (χ1n) is 10.7. The Balaban J connectivity index is 1.27. The lowest BCUT2D eigenvalue weighted by atomic mass is 10.0. The zero-order valence-corrected chi connectivity index (χ0v) is 16.9. The molecule has 2 amide bonds. The summed E-state index contributed by atoms with van der Waals surface area (Å²) in [6, 6.07) is 4.49. The van der Waals surface area contributed by atoms with Crippen LogP contribution in [0, 0.1) is 5.92 Å². The Morgan fingerprint density at radius 1 is 1.17 bits per heavy atom. The number of piperidine rings is 2. The van der Waals surface area contributed by atoms with E-state index in [0.717, 1.165) is 73.1 Å². The number of carbonyl (C=O) groups is 1. The molecule has 2 fully saturated rings. The molecule has 2 N–H and O–H groups in total. The third-order valence-electron chi connectivity index (χ3n) is 6.37. The highest BCUT2D eigenvalue weighted by Crippen LogP contribution is 2.33. The second-order valence-corrected chi connectivity index (χ2v) is 8.50. The summed E-state index contributed by atoms with van der Waals surface area (Å²) in [5.74, 6) is 0.607. The Hall–Kier alpha value is -2.83. The third kappa shape index (κ3) is 3.50. The molecule has 1 unspecified atom stereocenters. The maximum absolute atomic E-state index is 12.6. The van der Waals surface area contributed by atoms with E-state index >= 15 is 0 Å². The topological polar surface area (TPSA) is 77.2 Å². The molecule has 2 aliphatic rings. The van der Waals surface area contributed by atoms with Gasteiger partial charge in [0.1, 0.15) is 0 Å². The van der Waals surface area contributed by atoms with E-state index in [-0.39, 0.29) is 12.1 Å². The van der Waals surface area contributed by atoms with Gasteiger partial charge in [-0.25, -0.2) is 14.8 Å². The fourth-order valence-corrected chi connectivity index (χ4v) is 4.77. The van der Waals surface area contributed by atoms with E-state index in [1.165, 1.54) is 6.42 Å². The smallest absolute Gasteiger partial charge is 0.317 e. The van der Waals surface area contributed by atoms with Gasteiger partial charge >= 0.3 is 6.03 Å². The van der Waals surface area contributed by atoms with Gasteiger partial charge in [-0.2, -0.15) is 0 Å². The monoisotopic (exact) mass is 392 g/mol. The number of pyridine rings is 2. The molecule has 0 aromatic carbocycles. The van der Waals surface area contributed by atoms with Crippen molar-refractivity contribution in [2.24, 2.45) is 5.92 Å². The molecule has 2 aliphatic heterocycles. The Labute approximate surface area is 170 Å². The summed E-state index contributed by atoms with van der Waals surface area (Å²) < 4.78 is 0. The zero-order chi connectivity index (χ0) is 19.8. The molecule has 29 heavy (non-hydrogen) atoms. The summed E-state index contributed by atoms with van der Waals surface area (Å²) in [6.07, 6.45) is 9.95. The lowest BCUT2D eigenvalue weighted by Crippen LogP contribution is -2.51. The van der Waals surface area contributed by atoms with Crippen molar-refractivity contribution < 1.29 is 4.79 Å². The van der Waals surface area contributed by atoms with Crippen LogP contribution in [-0.4, -0.2) is 58.1 Å². The number of likely N-dealkylation sites (tertiary alicyclic amines) is 1. The first-order chi connectivity index (χ1) is 14.2. The molecule has 0 aliphatic carbocycles. The number of hydrogen-bond donors (Lipinski definition) is 2. The van der Waals surface area contributed by atoms with Crippen molar-refractivity contribution in [3.63, 3.8) is 0 Å². The number of urea groups is 1. The van der Waals surface area contributed by atoms with Crippen LogP contribution in [0.25, 0.3) is 21.9 Å². The van der Waals surface area contributed by atoms with Crippen LogP contribution in [-0.2, 0) is 0 Å². The average molecular weight is 393 g/mol. The van der Waals surface area contributed by atoms with Crippen molar-refractivity contribution in [2.45, 2.75) is 38.6 Å². The van der Waals surface area contributed by atoms with Crippen molar-refractivity contribution in [2.75, 3.05) is 31.1 Å². The predicted molar refractivity (Wildman–Crippen MR) is 115 cm³/mol. The Morgan fingerprint density at radius 3 is 2.83 bits per heavy atom. The molecular weight excluding hydrogens is 364 g/mol. The van der Waals surface area contributed by atoms with Crippen molar-refractivity contribution >= 4 is 33.7 Å². The van der Waals surface area contributed by atoms with Crippen LogP contribution in [0.1, 0.15) is 32.6 Å². The number of aromatic amines is 1. The quantitative estimate of drug-likeness (QED) is 0.700. The number of rotatable bonds is 2. The number of H-pyrrole nitrogens is 1. The van der Waals surface area contributed by atoms with E-state index in [0.29, 0.717) is 5.92 Å². The van der Waals surface area contributed by atoms with E-state index in [9.17, 15) is 4.79 Å². The molecule has 0 saturated carbocycles. The van der Waals surface area contributed by atoms with Gasteiger partial charge in [-0.05, 0) is 37.7 Å². The van der Waals surface area contributed by atoms with Crippen LogP contribution in [0.4, 0.5) is 10.5 Å². The van der Waals surface area contributed by atoms with E-state index in [1.807, 2.05) is 29.6 Å². The van der Waals surface area contributed by atoms with Crippen molar-refractivity contribution in [1.82, 2.24) is 25.2 Å². The Kier molecular flexibility index (Phi) is 4.73. The number of carbonyl (C=O) groups excluding carboxylic acids is 1. The summed E-state index contributed by atoms with van der Waals surface area (Å²) in [5.41, 5.74) is 2.96. The highest BCUT2D eigenvalue weighted by Gasteiger charge is 2.26. The first kappa shape index (κ1) is 18.2. The minimum absolute atomic E-state index is 0.112. The molecular formula is C22H28N6O. The van der Waals surface area contributed by atoms with Crippen molar-refractivity contribution in [1.29, 1.82) is 0 Å². The maximum Gasteiger partial charge on any atom is 0.317 e. The van der Waals surface area contributed by atoms with E-state index in [2.05, 4.69) is 38.2 Å². The number of nitrogens with one attached hydrogen (secondary N) is 2. The summed E-state index contributed by atoms with van der Waals surface area (Å²) in [5, 5.41) is 5.54. The van der Waals surface area contributed by atoms with Crippen LogP contribution < -0.4 is 10.2 Å². The lowest BCUT2D eigenvalue weighted by molar-refractivity contribution is 0.164. The highest BCUT2D eigenvalue weighted by molar-refractivity contribution is 6.10. The van der Waals surface area contributed by atoms with Crippen LogP contribution in [0.5, 0.6) is 0 Å². The average Bonchev–Trinajstić information content (AvgIpc) is 3.19. The number of amides is 2. The van der Waals surface area contributed by atoms with Gasteiger partial charge in [0, 0.05) is 43.8 Å². The van der Waals surface area contributed by atoms with E-state index < -0.39 is 0 Å². The first-order valence-corrected chi connectivity index (χ1v) is 10.7. The molecule has 0 bridgehead atoms. The molecule has 152 valence electrons. The SMILES string of the molecule is CC1CCCN(C(=O)NC2CCN(c3cnc4ncc5[nH]cccc5c34)CC2)C1. The molecule has 3 aromatic rings. The maximum atomic E-state index is 12.6. The number of nitrogens with zero attached hydrogens (tertiary/aromatic N) is 4. The molecule has 5 heterocycles. The van der Waals surface area contributed by atoms with Crippen LogP contribution >= 0.6 is 0 Å². The van der Waals surface area contributed by atoms with E-state index in [1.54, 1.807) is 0 Å². The van der Waals surface area contributed by atoms with Crippen LogP contribution in [0.15, 0.2) is 30.7 Å². The van der Waals surface area contributed by atoms with Gasteiger partial charge < -0.3 is 20.1 Å². The lowest BCUT2D eigenvalue weighted by Gasteiger charge is -2.36. The summed E-state index contributed by atoms with van der Waals surface area (Å²) in [4.78, 5) is 29.3. The minimum Gasteiger partial charge on any atom is -0.370 e. The molecule has 1 atom stereocenters. The van der Waals surface area contributed by atoms with E-state index in [4.69, 9.17) is 0 Å². The Bertz CT molecular complexity index is 1020. The molecule has 2 saturated heterocycles. The molecule has 3 aromatic heterocycles. The minimum atomic E-state index is 0.112. The van der Waals surface area contributed by atoms with Crippen LogP contribution in [0.2, 0.25) is 0 Å². The van der Waals surface area contributed by atoms with Gasteiger partial charge in [-0.15, -0.1) is 0 Å². The summed E-state index contributed by atoms with van der Waals surface area (Å²) >= 11 is 0. The number of aromatic nitrogens is 3. The van der Waals surface area contributed by atoms with Gasteiger partial charge in [0.15, 0.2) is 5.65 Å². The molecule has 7 nitrogen and oxygen atoms in total. The molecule has 7 heteroatoms. The largest absolute Gasteiger partial charge is 0.370 e. The van der Waals surface area contributed by atoms with Gasteiger partial charge in [-0.1, -0.05) is 13.0 Å². The summed E-state index contributed by atoms with van der Waals surface area (Å²) in [6.45, 7) is 5.82. The molecule has 0 spiro atoms. The molecule has 0 radical (unpaired) electrons. The number of hydrogen-bond acceptors (Lipinski definition) is 4. The van der Waals surface area contributed by atoms with Gasteiger partial charge in [0.05, 0.1) is 29.0 Å². The second kappa shape index (κ2) is 7.54. The van der Waals surface area contributed by atoms with Gasteiger partial charge in [-0.3, -0.25) is 0 Å². The number of anilines is 1. The van der Waals surface area contributed by atoms with Crippen molar-refractivity contribution in [3.05, 3.63) is 30.7 Å². The van der Waals surface area contributed by atoms with Gasteiger partial charge in [0.2, 0.25) is 0 Å². The Morgan fingerprint density at radius 2 is 2.00 bits per heavy atom. The third-order valence-corrected chi connectivity index (χ3v) is 6.37. The van der Waals surface area contributed by atoms with Gasteiger partial charge in [0.25, 0.3) is 0 Å². The number of fused-ring (bicyclic) bond motifs is 3. The molecule has 5 rings (SSSR count). The standard InChI is InChI=1S/C22H28N6O/c1-15-4-3-9-28(14-15)22(29)26-16-6-10-27(11-7-16)19-13-25-21-20(19)17-5-2-8-23-18(17)12-24-21/h2,5,8,12-13,15-16,23H,3-4,6-7,9-11,14H2,1H3,(H,26,29). The normalized spacial score (nSPS) is 21.1. The highest BCUT2D eigenvalue weighted by atomic mass is 16.2. The predicted octanol–water partition coefficient (Wildman–Crippen LogP) is 3.52.